The van der Waals surface area contributed by atoms with Crippen LogP contribution in [0.25, 0.3) is 0 Å². The fraction of sp³-hybridized carbons (Fsp3) is 0.812. The average Bonchev–Trinajstić information content (AvgIpc) is 2.31. The second-order valence-corrected chi connectivity index (χ2v) is 6.66. The summed E-state index contributed by atoms with van der Waals surface area (Å²) in [5.41, 5.74) is 1.03. The fourth-order valence-electron chi connectivity index (χ4n) is 5.24. The first-order chi connectivity index (χ1) is 8.56. The molecule has 100 valence electrons. The monoisotopic (exact) mass is 248 g/mol. The molecule has 0 aromatic heterocycles. The molecule has 4 fully saturated rings. The van der Waals surface area contributed by atoms with Gasteiger partial charge in [-0.1, -0.05) is 6.08 Å². The second kappa shape index (κ2) is 4.11. The predicted molar refractivity (Wildman–Crippen MR) is 71.0 cm³/mol. The largest absolute Gasteiger partial charge is 0.454 e. The number of rotatable bonds is 2. The number of allylic oxidation sites excluding steroid dienone is 1. The van der Waals surface area contributed by atoms with E-state index < -0.39 is 0 Å². The highest BCUT2D eigenvalue weighted by atomic mass is 16.6. The van der Waals surface area contributed by atoms with Gasteiger partial charge in [0.05, 0.1) is 0 Å². The maximum absolute atomic E-state index is 11.6. The molecule has 2 nitrogen and oxygen atoms in total. The molecule has 0 radical (unpaired) electrons. The molecule has 0 atom stereocenters. The number of hydrogen-bond acceptors (Lipinski definition) is 2. The van der Waals surface area contributed by atoms with Gasteiger partial charge in [0.1, 0.15) is 5.60 Å². The van der Waals surface area contributed by atoms with Crippen molar-refractivity contribution in [3.63, 3.8) is 0 Å². The first kappa shape index (κ1) is 12.3. The molecule has 4 rings (SSSR count). The van der Waals surface area contributed by atoms with E-state index in [9.17, 15) is 4.79 Å². The Morgan fingerprint density at radius 1 is 1.06 bits per heavy atom. The van der Waals surface area contributed by atoms with Crippen LogP contribution in [-0.2, 0) is 9.53 Å². The van der Waals surface area contributed by atoms with E-state index in [1.807, 2.05) is 0 Å². The van der Waals surface area contributed by atoms with Gasteiger partial charge in [0, 0.05) is 18.8 Å². The Balaban J connectivity index is 2.01. The topological polar surface area (TPSA) is 26.3 Å². The minimum Gasteiger partial charge on any atom is -0.454 e. The minimum absolute atomic E-state index is 0.108. The number of esters is 1. The zero-order valence-electron chi connectivity index (χ0n) is 11.7. The average molecular weight is 248 g/mol. The van der Waals surface area contributed by atoms with E-state index in [1.54, 1.807) is 6.92 Å². The van der Waals surface area contributed by atoms with Gasteiger partial charge in [-0.15, -0.1) is 0 Å². The predicted octanol–water partition coefficient (Wildman–Crippen LogP) is 3.71. The Morgan fingerprint density at radius 3 is 1.94 bits per heavy atom. The fourth-order valence-corrected chi connectivity index (χ4v) is 5.24. The summed E-state index contributed by atoms with van der Waals surface area (Å²) in [5.74, 6) is 2.85. The molecule has 0 heterocycles. The maximum atomic E-state index is 11.6. The van der Waals surface area contributed by atoms with Crippen molar-refractivity contribution in [3.05, 3.63) is 11.6 Å². The molecule has 4 aliphatic carbocycles. The first-order valence-corrected chi connectivity index (χ1v) is 7.39. The van der Waals surface area contributed by atoms with Crippen LogP contribution in [0, 0.1) is 23.7 Å². The highest BCUT2D eigenvalue weighted by Gasteiger charge is 2.59. The third-order valence-corrected chi connectivity index (χ3v) is 5.71. The molecule has 0 aliphatic heterocycles. The van der Waals surface area contributed by atoms with E-state index in [2.05, 4.69) is 19.9 Å². The molecule has 0 saturated heterocycles. The van der Waals surface area contributed by atoms with Crippen LogP contribution < -0.4 is 0 Å². The number of hydrogen-bond donors (Lipinski definition) is 0. The van der Waals surface area contributed by atoms with Crippen molar-refractivity contribution in [2.75, 3.05) is 0 Å². The lowest BCUT2D eigenvalue weighted by molar-refractivity contribution is -0.194. The number of carbonyl (C=O) groups excluding carboxylic acids is 1. The van der Waals surface area contributed by atoms with E-state index in [0.717, 1.165) is 11.8 Å². The van der Waals surface area contributed by atoms with Gasteiger partial charge in [-0.2, -0.15) is 0 Å². The summed E-state index contributed by atoms with van der Waals surface area (Å²) in [6.45, 7) is 5.80. The van der Waals surface area contributed by atoms with E-state index >= 15 is 0 Å². The Hall–Kier alpha value is -0.790. The smallest absolute Gasteiger partial charge is 0.303 e. The van der Waals surface area contributed by atoms with Gasteiger partial charge >= 0.3 is 5.97 Å². The molecule has 4 aliphatic rings. The van der Waals surface area contributed by atoms with Crippen molar-refractivity contribution in [1.82, 2.24) is 0 Å². The highest BCUT2D eigenvalue weighted by molar-refractivity contribution is 5.67. The summed E-state index contributed by atoms with van der Waals surface area (Å²) >= 11 is 0. The molecule has 0 spiro atoms. The molecule has 4 saturated carbocycles. The van der Waals surface area contributed by atoms with Crippen molar-refractivity contribution in [3.8, 4) is 0 Å². The molecule has 0 unspecified atom stereocenters. The van der Waals surface area contributed by atoms with Crippen molar-refractivity contribution >= 4 is 5.97 Å². The van der Waals surface area contributed by atoms with Crippen molar-refractivity contribution in [2.24, 2.45) is 23.7 Å². The summed E-state index contributed by atoms with van der Waals surface area (Å²) < 4.78 is 5.96. The third-order valence-electron chi connectivity index (χ3n) is 5.71. The zero-order chi connectivity index (χ0) is 12.9. The SMILES string of the molecule is C/C=C(\C)C1(OC(C)=O)C2CC3CC(C2)CC1C3. The molecule has 0 amide bonds. The first-order valence-electron chi connectivity index (χ1n) is 7.39. The lowest BCUT2D eigenvalue weighted by atomic mass is 9.48. The van der Waals surface area contributed by atoms with Crippen LogP contribution in [0.5, 0.6) is 0 Å². The van der Waals surface area contributed by atoms with E-state index in [0.29, 0.717) is 11.8 Å². The van der Waals surface area contributed by atoms with Gasteiger partial charge in [-0.05, 0) is 63.4 Å². The Kier molecular flexibility index (Phi) is 2.80. The van der Waals surface area contributed by atoms with Crippen LogP contribution in [0.1, 0.15) is 52.9 Å². The van der Waals surface area contributed by atoms with Crippen molar-refractivity contribution in [1.29, 1.82) is 0 Å². The quantitative estimate of drug-likeness (QED) is 0.550. The van der Waals surface area contributed by atoms with Gasteiger partial charge in [0.15, 0.2) is 0 Å². The summed E-state index contributed by atoms with van der Waals surface area (Å²) in [4.78, 5) is 11.6. The molecule has 2 heteroatoms. The third kappa shape index (κ3) is 1.57. The summed E-state index contributed by atoms with van der Waals surface area (Å²) in [6, 6.07) is 0. The van der Waals surface area contributed by atoms with Crippen LogP contribution in [-0.4, -0.2) is 11.6 Å². The lowest BCUT2D eigenvalue weighted by Crippen LogP contribution is -2.60. The van der Waals surface area contributed by atoms with Gasteiger partial charge in [0.25, 0.3) is 0 Å². The van der Waals surface area contributed by atoms with E-state index in [4.69, 9.17) is 4.74 Å². The molecular formula is C16H24O2. The normalized spacial score (nSPS) is 46.3. The highest BCUT2D eigenvalue weighted by Crippen LogP contribution is 2.61. The standard InChI is InChI=1S/C16H24O2/c1-4-10(2)16(18-11(3)17)14-6-12-5-13(8-14)9-15(16)7-12/h4,12-15H,5-9H2,1-3H3/b10-4+. The van der Waals surface area contributed by atoms with Crippen LogP contribution in [0.15, 0.2) is 11.6 Å². The van der Waals surface area contributed by atoms with Crippen LogP contribution in [0.3, 0.4) is 0 Å². The van der Waals surface area contributed by atoms with Crippen LogP contribution in [0.4, 0.5) is 0 Å². The lowest BCUT2D eigenvalue weighted by Gasteiger charge is -2.60. The summed E-state index contributed by atoms with van der Waals surface area (Å²) in [5, 5.41) is 0. The zero-order valence-corrected chi connectivity index (χ0v) is 11.7. The van der Waals surface area contributed by atoms with E-state index in [1.165, 1.54) is 37.7 Å². The second-order valence-electron chi connectivity index (χ2n) is 6.66. The summed E-state index contributed by atoms with van der Waals surface area (Å²) in [7, 11) is 0. The molecule has 0 aromatic carbocycles. The Morgan fingerprint density at radius 2 is 1.56 bits per heavy atom. The van der Waals surface area contributed by atoms with Crippen LogP contribution >= 0.6 is 0 Å². The van der Waals surface area contributed by atoms with Gasteiger partial charge in [-0.3, -0.25) is 4.79 Å². The minimum atomic E-state index is -0.256. The summed E-state index contributed by atoms with van der Waals surface area (Å²) in [6.07, 6.45) is 8.66. The van der Waals surface area contributed by atoms with Gasteiger partial charge in [-0.25, -0.2) is 0 Å². The van der Waals surface area contributed by atoms with E-state index in [-0.39, 0.29) is 11.6 Å². The molecular weight excluding hydrogens is 224 g/mol. The number of carbonyl (C=O) groups is 1. The molecule has 0 N–H and O–H groups in total. The molecule has 4 bridgehead atoms. The van der Waals surface area contributed by atoms with Crippen molar-refractivity contribution in [2.45, 2.75) is 58.5 Å². The molecule has 0 aromatic rings. The Labute approximate surface area is 110 Å². The van der Waals surface area contributed by atoms with Gasteiger partial charge in [0.2, 0.25) is 0 Å². The van der Waals surface area contributed by atoms with Gasteiger partial charge < -0.3 is 4.74 Å². The van der Waals surface area contributed by atoms with Crippen molar-refractivity contribution < 1.29 is 9.53 Å². The molecule has 18 heavy (non-hydrogen) atoms. The Bertz CT molecular complexity index is 366. The van der Waals surface area contributed by atoms with Crippen LogP contribution in [0.2, 0.25) is 0 Å². The maximum Gasteiger partial charge on any atom is 0.303 e. The number of ether oxygens (including phenoxy) is 1.